The molecule has 83 heavy (non-hydrogen) atoms. The number of hydrogen-bond acceptors (Lipinski definition) is 19. The fourth-order valence-corrected chi connectivity index (χ4v) is 7.67. The number of carbonyl (C=O) groups is 19. The number of carbonyl (C=O) groups excluding carboxylic acids is 18. The maximum atomic E-state index is 13.4. The van der Waals surface area contributed by atoms with Crippen LogP contribution in [-0.2, 0) is 91.1 Å². The van der Waals surface area contributed by atoms with Crippen LogP contribution in [0.4, 0.5) is 0 Å². The van der Waals surface area contributed by atoms with Gasteiger partial charge in [-0.1, -0.05) is 0 Å². The van der Waals surface area contributed by atoms with Crippen LogP contribution in [0.2, 0.25) is 0 Å². The molecular formula is C56H79N7O20. The number of amides is 8. The van der Waals surface area contributed by atoms with E-state index in [2.05, 4.69) is 31.9 Å². The van der Waals surface area contributed by atoms with Gasteiger partial charge in [0.05, 0.1) is 6.42 Å². The molecule has 8 amide bonds. The highest BCUT2D eigenvalue weighted by Crippen LogP contribution is 2.12. The van der Waals surface area contributed by atoms with Crippen LogP contribution in [0.5, 0.6) is 0 Å². The highest BCUT2D eigenvalue weighted by Gasteiger charge is 2.28. The van der Waals surface area contributed by atoms with Gasteiger partial charge < -0.3 is 41.8 Å². The van der Waals surface area contributed by atoms with Gasteiger partial charge in [-0.3, -0.25) is 91.2 Å². The minimum absolute atomic E-state index is 0.00133. The first-order valence-electron chi connectivity index (χ1n) is 27.7. The van der Waals surface area contributed by atoms with E-state index in [-0.39, 0.29) is 207 Å². The van der Waals surface area contributed by atoms with E-state index in [1.165, 1.54) is 27.7 Å². The molecule has 0 fully saturated rings. The van der Waals surface area contributed by atoms with Gasteiger partial charge >= 0.3 is 5.97 Å². The first-order chi connectivity index (χ1) is 39.1. The number of carboxylic acids is 1. The predicted octanol–water partition coefficient (Wildman–Crippen LogP) is 0.301. The van der Waals surface area contributed by atoms with Crippen molar-refractivity contribution in [3.8, 4) is 0 Å². The Morgan fingerprint density at radius 1 is 0.410 bits per heavy atom. The van der Waals surface area contributed by atoms with Gasteiger partial charge in [0.1, 0.15) is 88.5 Å². The summed E-state index contributed by atoms with van der Waals surface area (Å²) in [5.74, 6) is -10.2. The van der Waals surface area contributed by atoms with Crippen LogP contribution in [0.15, 0.2) is 12.2 Å². The second-order valence-corrected chi connectivity index (χ2v) is 20.3. The number of carboxylic acid groups (broad SMARTS) is 1. The average molecular weight is 1170 g/mol. The standard InChI is InChI=1S/C56H79N7O20/c1-34(64)10-11-38(65)12-13-39(66)14-15-40(67)16-17-41(68)18-19-42(69)20-21-43(70)22-23-44(71)24-25-45(72)26-27-46(73)32-49(75)57-30-6-5-8-47(62-48(74)9-7-31-63-50(76)28-29-51(63)77)56(83)61-37(4)55(82)60-36(3)54(81)59-35(2)53(80)58-33-52(78)79/h28-29,35-37,47H,5-27,30-33H2,1-4H3,(H,57,75)(H,58,80)(H,59,81)(H,60,82)(H,61,83)(H,62,74)(H,78,79)/t35-,36-,37-,47-/m0/s1. The van der Waals surface area contributed by atoms with Gasteiger partial charge in [-0.2, -0.15) is 0 Å². The Hall–Kier alpha value is -8.13. The molecule has 0 aromatic heterocycles. The van der Waals surface area contributed by atoms with Gasteiger partial charge in [0.15, 0.2) is 0 Å². The highest BCUT2D eigenvalue weighted by molar-refractivity contribution is 6.13. The largest absolute Gasteiger partial charge is 0.480 e. The molecule has 0 aromatic rings. The Morgan fingerprint density at radius 2 is 0.759 bits per heavy atom. The molecule has 0 unspecified atom stereocenters. The smallest absolute Gasteiger partial charge is 0.322 e. The molecule has 4 atom stereocenters. The zero-order valence-electron chi connectivity index (χ0n) is 47.7. The Morgan fingerprint density at radius 3 is 1.13 bits per heavy atom. The number of nitrogens with one attached hydrogen (secondary N) is 6. The lowest BCUT2D eigenvalue weighted by Gasteiger charge is -2.23. The van der Waals surface area contributed by atoms with Crippen molar-refractivity contribution in [1.29, 1.82) is 0 Å². The molecule has 0 radical (unpaired) electrons. The molecule has 7 N–H and O–H groups in total. The van der Waals surface area contributed by atoms with Crippen molar-refractivity contribution in [2.24, 2.45) is 0 Å². The molecule has 0 bridgehead atoms. The van der Waals surface area contributed by atoms with E-state index in [9.17, 15) is 91.1 Å². The van der Waals surface area contributed by atoms with E-state index >= 15 is 0 Å². The summed E-state index contributed by atoms with van der Waals surface area (Å²) in [4.78, 5) is 233. The fraction of sp³-hybridized carbons (Fsp3) is 0.625. The van der Waals surface area contributed by atoms with E-state index in [0.29, 0.717) is 0 Å². The summed E-state index contributed by atoms with van der Waals surface area (Å²) in [5, 5.41) is 23.1. The first-order valence-corrected chi connectivity index (χ1v) is 27.7. The van der Waals surface area contributed by atoms with Crippen molar-refractivity contribution in [2.45, 2.75) is 206 Å². The van der Waals surface area contributed by atoms with E-state index in [1.54, 1.807) is 0 Å². The van der Waals surface area contributed by atoms with Crippen LogP contribution in [0, 0.1) is 0 Å². The Kier molecular flexibility index (Phi) is 35.2. The van der Waals surface area contributed by atoms with Crippen molar-refractivity contribution >= 4 is 111 Å². The molecule has 1 aliphatic rings. The lowest BCUT2D eigenvalue weighted by Crippen LogP contribution is -2.56. The molecule has 1 aliphatic heterocycles. The van der Waals surface area contributed by atoms with Crippen LogP contribution >= 0.6 is 0 Å². The molecule has 1 heterocycles. The van der Waals surface area contributed by atoms with Crippen molar-refractivity contribution < 1.29 is 96.2 Å². The van der Waals surface area contributed by atoms with E-state index in [1.807, 2.05) is 0 Å². The van der Waals surface area contributed by atoms with Crippen molar-refractivity contribution in [2.75, 3.05) is 19.6 Å². The van der Waals surface area contributed by atoms with Gasteiger partial charge in [0.2, 0.25) is 35.4 Å². The summed E-state index contributed by atoms with van der Waals surface area (Å²) >= 11 is 0. The van der Waals surface area contributed by atoms with E-state index < -0.39 is 102 Å². The predicted molar refractivity (Wildman–Crippen MR) is 291 cm³/mol. The zero-order valence-corrected chi connectivity index (χ0v) is 47.7. The summed E-state index contributed by atoms with van der Waals surface area (Å²) in [7, 11) is 0. The number of hydrogen-bond donors (Lipinski definition) is 7. The van der Waals surface area contributed by atoms with Crippen molar-refractivity contribution in [3.05, 3.63) is 12.2 Å². The lowest BCUT2D eigenvalue weighted by molar-refractivity contribution is -0.138. The number of imide groups is 1. The lowest BCUT2D eigenvalue weighted by atomic mass is 9.99. The Labute approximate surface area is 480 Å². The second kappa shape index (κ2) is 40.1. The molecule has 0 saturated heterocycles. The molecule has 0 aliphatic carbocycles. The van der Waals surface area contributed by atoms with Crippen LogP contribution in [-0.4, -0.2) is 165 Å². The summed E-state index contributed by atoms with van der Waals surface area (Å²) in [6, 6.07) is -4.86. The number of rotatable bonds is 48. The van der Waals surface area contributed by atoms with Gasteiger partial charge in [-0.15, -0.1) is 0 Å². The number of Topliss-reactive ketones (excluding diaryl/α,β-unsaturated/α-hetero) is 10. The third-order valence-electron chi connectivity index (χ3n) is 12.8. The highest BCUT2D eigenvalue weighted by atomic mass is 16.4. The van der Waals surface area contributed by atoms with Crippen molar-refractivity contribution in [1.82, 2.24) is 36.8 Å². The quantitative estimate of drug-likeness (QED) is 0.0245. The molecule has 27 heteroatoms. The molecule has 0 spiro atoms. The van der Waals surface area contributed by atoms with Gasteiger partial charge in [0, 0.05) is 147 Å². The summed E-state index contributed by atoms with van der Waals surface area (Å²) < 4.78 is 0. The number of nitrogens with zero attached hydrogens (tertiary/aromatic N) is 1. The topological polar surface area (TPSA) is 420 Å². The molecule has 0 saturated carbocycles. The summed E-state index contributed by atoms with van der Waals surface area (Å²) in [6.07, 6.45) is -0.0157. The molecule has 458 valence electrons. The fourth-order valence-electron chi connectivity index (χ4n) is 7.67. The van der Waals surface area contributed by atoms with Gasteiger partial charge in [0.25, 0.3) is 11.8 Å². The maximum Gasteiger partial charge on any atom is 0.322 e. The molecule has 27 nitrogen and oxygen atoms in total. The Bertz CT molecular complexity index is 2470. The number of unbranched alkanes of at least 4 members (excludes halogenated alkanes) is 1. The van der Waals surface area contributed by atoms with Gasteiger partial charge in [-0.05, 0) is 53.4 Å². The van der Waals surface area contributed by atoms with Crippen molar-refractivity contribution in [3.63, 3.8) is 0 Å². The first kappa shape index (κ1) is 72.9. The summed E-state index contributed by atoms with van der Waals surface area (Å²) in [5.41, 5.74) is 0. The number of ketones is 10. The van der Waals surface area contributed by atoms with Crippen LogP contribution < -0.4 is 31.9 Å². The average Bonchev–Trinajstić information content (AvgIpc) is 3.77. The third kappa shape index (κ3) is 34.7. The minimum atomic E-state index is -1.30. The van der Waals surface area contributed by atoms with Gasteiger partial charge in [-0.25, -0.2) is 0 Å². The molecular weight excluding hydrogens is 1090 g/mol. The van der Waals surface area contributed by atoms with Crippen LogP contribution in [0.25, 0.3) is 0 Å². The minimum Gasteiger partial charge on any atom is -0.480 e. The van der Waals surface area contributed by atoms with Crippen LogP contribution in [0.1, 0.15) is 182 Å². The monoisotopic (exact) mass is 1170 g/mol. The second-order valence-electron chi connectivity index (χ2n) is 20.3. The SMILES string of the molecule is CC(=O)CCC(=O)CCC(=O)CCC(=O)CCC(=O)CCC(=O)CCC(=O)CCC(=O)CCC(=O)CCC(=O)CC(=O)NCCCC[C@H](NC(=O)CCCN1C(=O)C=CC1=O)C(=O)N[C@@H](C)C(=O)N[C@@H](C)C(=O)N[C@@H](C)C(=O)NCC(=O)O. The van der Waals surface area contributed by atoms with E-state index in [0.717, 1.165) is 17.1 Å². The zero-order chi connectivity index (χ0) is 62.6. The molecule has 1 rings (SSSR count). The maximum absolute atomic E-state index is 13.4. The Balaban J connectivity index is 2.45. The number of aliphatic carboxylic acids is 1. The normalized spacial score (nSPS) is 13.1. The van der Waals surface area contributed by atoms with Crippen LogP contribution in [0.3, 0.4) is 0 Å². The summed E-state index contributed by atoms with van der Waals surface area (Å²) in [6.45, 7) is 4.55. The van der Waals surface area contributed by atoms with E-state index in [4.69, 9.17) is 5.11 Å². The molecule has 0 aromatic carbocycles. The third-order valence-corrected chi connectivity index (χ3v) is 12.8.